The lowest BCUT2D eigenvalue weighted by atomic mass is 9.80. The minimum Gasteiger partial charge on any atom is -0.478 e. The molecule has 0 radical (unpaired) electrons. The standard InChI is InChI=1S/C20H29N3O3S/c24-18(25)17-6-4-16(5-7-17)14-21-19(26)22-15-20(8-2-1-3-9-20)23-10-12-27-13-11-23/h4-7H,1-3,8-15H2,(H,24,25)(H2,21,22,26). The zero-order chi connectivity index (χ0) is 19.1. The summed E-state index contributed by atoms with van der Waals surface area (Å²) in [6.07, 6.45) is 6.10. The summed E-state index contributed by atoms with van der Waals surface area (Å²) in [6, 6.07) is 6.43. The van der Waals surface area contributed by atoms with Crippen molar-refractivity contribution in [2.45, 2.75) is 44.2 Å². The van der Waals surface area contributed by atoms with E-state index in [1.54, 1.807) is 24.3 Å². The Morgan fingerprint density at radius 2 is 1.70 bits per heavy atom. The highest BCUT2D eigenvalue weighted by Crippen LogP contribution is 2.34. The van der Waals surface area contributed by atoms with Crippen LogP contribution in [-0.2, 0) is 6.54 Å². The van der Waals surface area contributed by atoms with Gasteiger partial charge >= 0.3 is 12.0 Å². The third-order valence-corrected chi connectivity index (χ3v) is 6.64. The molecule has 1 aromatic rings. The van der Waals surface area contributed by atoms with Crippen molar-refractivity contribution in [2.75, 3.05) is 31.1 Å². The monoisotopic (exact) mass is 391 g/mol. The highest BCUT2D eigenvalue weighted by Gasteiger charge is 2.38. The summed E-state index contributed by atoms with van der Waals surface area (Å²) in [5.41, 5.74) is 1.25. The largest absolute Gasteiger partial charge is 0.478 e. The summed E-state index contributed by atoms with van der Waals surface area (Å²) in [5.74, 6) is 1.42. The zero-order valence-electron chi connectivity index (χ0n) is 15.7. The second-order valence-corrected chi connectivity index (χ2v) is 8.65. The molecule has 1 saturated carbocycles. The fraction of sp³-hybridized carbons (Fsp3) is 0.600. The van der Waals surface area contributed by atoms with E-state index in [1.807, 2.05) is 11.8 Å². The Kier molecular flexibility index (Phi) is 7.01. The van der Waals surface area contributed by atoms with Gasteiger partial charge in [-0.2, -0.15) is 11.8 Å². The van der Waals surface area contributed by atoms with E-state index < -0.39 is 5.97 Å². The number of carboxylic acid groups (broad SMARTS) is 1. The van der Waals surface area contributed by atoms with Crippen molar-refractivity contribution in [3.05, 3.63) is 35.4 Å². The Morgan fingerprint density at radius 3 is 2.33 bits per heavy atom. The SMILES string of the molecule is O=C(NCc1ccc(C(=O)O)cc1)NCC1(N2CCSCC2)CCCCC1. The van der Waals surface area contributed by atoms with E-state index in [0.717, 1.165) is 31.5 Å². The van der Waals surface area contributed by atoms with E-state index in [2.05, 4.69) is 15.5 Å². The minimum absolute atomic E-state index is 0.111. The number of rotatable bonds is 6. The molecular formula is C20H29N3O3S. The maximum absolute atomic E-state index is 12.3. The van der Waals surface area contributed by atoms with Crippen LogP contribution in [0.25, 0.3) is 0 Å². The van der Waals surface area contributed by atoms with Gasteiger partial charge in [0.25, 0.3) is 0 Å². The van der Waals surface area contributed by atoms with Gasteiger partial charge in [0.1, 0.15) is 0 Å². The van der Waals surface area contributed by atoms with Crippen LogP contribution in [0.2, 0.25) is 0 Å². The Hall–Kier alpha value is -1.73. The number of thioether (sulfide) groups is 1. The fourth-order valence-electron chi connectivity index (χ4n) is 4.11. The van der Waals surface area contributed by atoms with Crippen molar-refractivity contribution in [3.8, 4) is 0 Å². The second-order valence-electron chi connectivity index (χ2n) is 7.42. The maximum Gasteiger partial charge on any atom is 0.335 e. The molecule has 1 heterocycles. The zero-order valence-corrected chi connectivity index (χ0v) is 16.5. The molecule has 1 saturated heterocycles. The minimum atomic E-state index is -0.943. The molecule has 0 atom stereocenters. The summed E-state index contributed by atoms with van der Waals surface area (Å²) in [4.78, 5) is 25.8. The van der Waals surface area contributed by atoms with Gasteiger partial charge in [-0.05, 0) is 30.5 Å². The Bertz CT molecular complexity index is 638. The lowest BCUT2D eigenvalue weighted by Gasteiger charge is -2.48. The third kappa shape index (κ3) is 5.39. The first kappa shape index (κ1) is 20.0. The van der Waals surface area contributed by atoms with E-state index in [9.17, 15) is 9.59 Å². The Labute approximate surface area is 165 Å². The molecule has 6 nitrogen and oxygen atoms in total. The molecule has 0 unspecified atom stereocenters. The van der Waals surface area contributed by atoms with Gasteiger partial charge in [-0.3, -0.25) is 4.90 Å². The van der Waals surface area contributed by atoms with Crippen LogP contribution in [0.1, 0.15) is 48.0 Å². The van der Waals surface area contributed by atoms with Crippen molar-refractivity contribution in [2.24, 2.45) is 0 Å². The smallest absolute Gasteiger partial charge is 0.335 e. The van der Waals surface area contributed by atoms with Gasteiger partial charge in [-0.15, -0.1) is 0 Å². The summed E-state index contributed by atoms with van der Waals surface area (Å²) in [5, 5.41) is 14.9. The molecule has 1 aliphatic carbocycles. The van der Waals surface area contributed by atoms with E-state index in [4.69, 9.17) is 5.11 Å². The fourth-order valence-corrected chi connectivity index (χ4v) is 5.01. The van der Waals surface area contributed by atoms with Crippen molar-refractivity contribution < 1.29 is 14.7 Å². The van der Waals surface area contributed by atoms with Crippen LogP contribution in [0.3, 0.4) is 0 Å². The highest BCUT2D eigenvalue weighted by molar-refractivity contribution is 7.99. The van der Waals surface area contributed by atoms with Crippen molar-refractivity contribution >= 4 is 23.8 Å². The van der Waals surface area contributed by atoms with Crippen molar-refractivity contribution in [1.82, 2.24) is 15.5 Å². The number of aromatic carboxylic acids is 1. The van der Waals surface area contributed by atoms with E-state index >= 15 is 0 Å². The summed E-state index contributed by atoms with van der Waals surface area (Å²) < 4.78 is 0. The summed E-state index contributed by atoms with van der Waals surface area (Å²) >= 11 is 2.02. The molecule has 3 rings (SSSR count). The molecule has 3 N–H and O–H groups in total. The molecule has 2 aliphatic rings. The normalized spacial score (nSPS) is 20.0. The number of nitrogens with one attached hydrogen (secondary N) is 2. The van der Waals surface area contributed by atoms with Gasteiger partial charge < -0.3 is 15.7 Å². The van der Waals surface area contributed by atoms with Crippen molar-refractivity contribution in [1.29, 1.82) is 0 Å². The van der Waals surface area contributed by atoms with Crippen LogP contribution in [-0.4, -0.2) is 58.7 Å². The van der Waals surface area contributed by atoms with Gasteiger partial charge in [0, 0.05) is 43.2 Å². The number of carbonyl (C=O) groups is 2. The van der Waals surface area contributed by atoms with Gasteiger partial charge in [-0.25, -0.2) is 9.59 Å². The molecule has 0 aromatic heterocycles. The van der Waals surface area contributed by atoms with Crippen LogP contribution in [0, 0.1) is 0 Å². The molecule has 2 fully saturated rings. The first-order chi connectivity index (χ1) is 13.1. The number of amides is 2. The lowest BCUT2D eigenvalue weighted by molar-refractivity contribution is 0.0607. The number of hydrogen-bond acceptors (Lipinski definition) is 4. The molecule has 0 bridgehead atoms. The van der Waals surface area contributed by atoms with Gasteiger partial charge in [-0.1, -0.05) is 31.4 Å². The first-order valence-electron chi connectivity index (χ1n) is 9.76. The Balaban J connectivity index is 1.50. The van der Waals surface area contributed by atoms with Gasteiger partial charge in [0.15, 0.2) is 0 Å². The maximum atomic E-state index is 12.3. The molecular weight excluding hydrogens is 362 g/mol. The number of hydrogen-bond donors (Lipinski definition) is 3. The molecule has 27 heavy (non-hydrogen) atoms. The second kappa shape index (κ2) is 9.46. The topological polar surface area (TPSA) is 81.7 Å². The van der Waals surface area contributed by atoms with E-state index in [1.165, 1.54) is 30.8 Å². The Morgan fingerprint density at radius 1 is 1.04 bits per heavy atom. The van der Waals surface area contributed by atoms with Crippen LogP contribution >= 0.6 is 11.8 Å². The number of urea groups is 1. The summed E-state index contributed by atoms with van der Waals surface area (Å²) in [7, 11) is 0. The highest BCUT2D eigenvalue weighted by atomic mass is 32.2. The van der Waals surface area contributed by atoms with Crippen molar-refractivity contribution in [3.63, 3.8) is 0 Å². The molecule has 2 amide bonds. The number of benzene rings is 1. The first-order valence-corrected chi connectivity index (χ1v) is 10.9. The number of nitrogens with zero attached hydrogens (tertiary/aromatic N) is 1. The lowest BCUT2D eigenvalue weighted by Crippen LogP contribution is -2.59. The molecule has 7 heteroatoms. The van der Waals surface area contributed by atoms with Crippen LogP contribution in [0.5, 0.6) is 0 Å². The summed E-state index contributed by atoms with van der Waals surface area (Å²) in [6.45, 7) is 3.31. The molecule has 1 aliphatic heterocycles. The van der Waals surface area contributed by atoms with Gasteiger partial charge in [0.05, 0.1) is 5.56 Å². The van der Waals surface area contributed by atoms with Crippen LogP contribution in [0.4, 0.5) is 4.79 Å². The van der Waals surface area contributed by atoms with Crippen LogP contribution in [0.15, 0.2) is 24.3 Å². The van der Waals surface area contributed by atoms with E-state index in [0.29, 0.717) is 13.1 Å². The number of carbonyl (C=O) groups excluding carboxylic acids is 1. The average Bonchev–Trinajstić information content (AvgIpc) is 2.72. The molecule has 1 aromatic carbocycles. The van der Waals surface area contributed by atoms with E-state index in [-0.39, 0.29) is 17.1 Å². The molecule has 148 valence electrons. The predicted molar refractivity (Wildman–Crippen MR) is 108 cm³/mol. The molecule has 0 spiro atoms. The average molecular weight is 392 g/mol. The number of carboxylic acids is 1. The van der Waals surface area contributed by atoms with Crippen LogP contribution < -0.4 is 10.6 Å². The quantitative estimate of drug-likeness (QED) is 0.695. The van der Waals surface area contributed by atoms with Gasteiger partial charge in [0.2, 0.25) is 0 Å². The third-order valence-electron chi connectivity index (χ3n) is 5.70. The predicted octanol–water partition coefficient (Wildman–Crippen LogP) is 2.94.